The third kappa shape index (κ3) is 4.87. The second-order valence-electron chi connectivity index (χ2n) is 7.66. The Morgan fingerprint density at radius 3 is 2.19 bits per heavy atom. The van der Waals surface area contributed by atoms with E-state index in [1.807, 2.05) is 25.7 Å². The van der Waals surface area contributed by atoms with Crippen LogP contribution in [0.2, 0.25) is 0 Å². The van der Waals surface area contributed by atoms with Gasteiger partial charge in [-0.15, -0.1) is 0 Å². The lowest BCUT2D eigenvalue weighted by atomic mass is 10.0. The Kier molecular flexibility index (Phi) is 5.53. The summed E-state index contributed by atoms with van der Waals surface area (Å²) in [5.74, 6) is 0. The number of carbonyl (C=O) groups is 1. The molecule has 1 saturated carbocycles. The number of amides is 1. The molecule has 2 aliphatic rings. The molecule has 122 valence electrons. The van der Waals surface area contributed by atoms with Gasteiger partial charge in [0.2, 0.25) is 0 Å². The quantitative estimate of drug-likeness (QED) is 0.692. The Bertz CT molecular complexity index is 343. The summed E-state index contributed by atoms with van der Waals surface area (Å²) < 4.78 is 5.49. The average molecular weight is 296 g/mol. The molecular formula is C17H32N2O2. The standard InChI is InChI=1S/C17H32N2O2/c1-14-13-18(16(20)21-17(2,3)4)11-12-19(14)15-9-7-5-6-8-10-15/h14-15H,5-13H2,1-4H3/t14-/m0/s1. The van der Waals surface area contributed by atoms with Gasteiger partial charge in [0, 0.05) is 31.7 Å². The summed E-state index contributed by atoms with van der Waals surface area (Å²) >= 11 is 0. The first-order chi connectivity index (χ1) is 9.87. The molecule has 1 aliphatic carbocycles. The van der Waals surface area contributed by atoms with E-state index in [0.29, 0.717) is 6.04 Å². The molecule has 2 rings (SSSR count). The first kappa shape index (κ1) is 16.6. The van der Waals surface area contributed by atoms with Crippen molar-refractivity contribution in [3.05, 3.63) is 0 Å². The Hall–Kier alpha value is -0.770. The van der Waals surface area contributed by atoms with Gasteiger partial charge < -0.3 is 9.64 Å². The van der Waals surface area contributed by atoms with E-state index in [2.05, 4.69) is 11.8 Å². The Labute approximate surface area is 129 Å². The normalized spacial score (nSPS) is 26.5. The molecule has 1 atom stereocenters. The molecule has 0 aromatic carbocycles. The number of piperazine rings is 1. The molecule has 0 aromatic rings. The van der Waals surface area contributed by atoms with Crippen LogP contribution < -0.4 is 0 Å². The van der Waals surface area contributed by atoms with Crippen molar-refractivity contribution in [1.29, 1.82) is 0 Å². The van der Waals surface area contributed by atoms with Gasteiger partial charge in [-0.1, -0.05) is 25.7 Å². The van der Waals surface area contributed by atoms with Gasteiger partial charge in [0.25, 0.3) is 0 Å². The van der Waals surface area contributed by atoms with E-state index in [1.165, 1.54) is 38.5 Å². The lowest BCUT2D eigenvalue weighted by molar-refractivity contribution is -0.00342. The highest BCUT2D eigenvalue weighted by molar-refractivity contribution is 5.68. The molecule has 0 bridgehead atoms. The fourth-order valence-electron chi connectivity index (χ4n) is 3.60. The monoisotopic (exact) mass is 296 g/mol. The van der Waals surface area contributed by atoms with Gasteiger partial charge in [0.05, 0.1) is 0 Å². The van der Waals surface area contributed by atoms with Crippen LogP contribution in [0.25, 0.3) is 0 Å². The molecule has 1 aliphatic heterocycles. The van der Waals surface area contributed by atoms with Crippen molar-refractivity contribution < 1.29 is 9.53 Å². The highest BCUT2D eigenvalue weighted by Gasteiger charge is 2.33. The summed E-state index contributed by atoms with van der Waals surface area (Å²) in [4.78, 5) is 16.7. The van der Waals surface area contributed by atoms with Crippen LogP contribution in [0.3, 0.4) is 0 Å². The van der Waals surface area contributed by atoms with Crippen molar-refractivity contribution >= 4 is 6.09 Å². The molecule has 0 unspecified atom stereocenters. The van der Waals surface area contributed by atoms with Crippen LogP contribution in [0.15, 0.2) is 0 Å². The van der Waals surface area contributed by atoms with E-state index in [-0.39, 0.29) is 6.09 Å². The van der Waals surface area contributed by atoms with E-state index in [4.69, 9.17) is 4.74 Å². The molecule has 1 saturated heterocycles. The van der Waals surface area contributed by atoms with Crippen LogP contribution in [0.4, 0.5) is 4.79 Å². The SMILES string of the molecule is C[C@H]1CN(C(=O)OC(C)(C)C)CCN1C1CCCCCC1. The summed E-state index contributed by atoms with van der Waals surface area (Å²) in [5.41, 5.74) is -0.404. The highest BCUT2D eigenvalue weighted by atomic mass is 16.6. The number of nitrogens with zero attached hydrogens (tertiary/aromatic N) is 2. The van der Waals surface area contributed by atoms with Crippen LogP contribution >= 0.6 is 0 Å². The first-order valence-electron chi connectivity index (χ1n) is 8.60. The number of carbonyl (C=O) groups excluding carboxylic acids is 1. The van der Waals surface area contributed by atoms with Crippen molar-refractivity contribution in [3.8, 4) is 0 Å². The van der Waals surface area contributed by atoms with Gasteiger partial charge in [-0.2, -0.15) is 0 Å². The van der Waals surface area contributed by atoms with E-state index < -0.39 is 5.60 Å². The first-order valence-corrected chi connectivity index (χ1v) is 8.60. The molecule has 4 nitrogen and oxygen atoms in total. The fraction of sp³-hybridized carbons (Fsp3) is 0.941. The van der Waals surface area contributed by atoms with Crippen molar-refractivity contribution in [2.75, 3.05) is 19.6 Å². The minimum atomic E-state index is -0.404. The van der Waals surface area contributed by atoms with Gasteiger partial charge in [-0.3, -0.25) is 4.90 Å². The Morgan fingerprint density at radius 2 is 1.67 bits per heavy atom. The zero-order valence-electron chi connectivity index (χ0n) is 14.2. The Morgan fingerprint density at radius 1 is 1.05 bits per heavy atom. The zero-order valence-corrected chi connectivity index (χ0v) is 14.2. The van der Waals surface area contributed by atoms with Crippen molar-refractivity contribution in [3.63, 3.8) is 0 Å². The molecule has 1 heterocycles. The topological polar surface area (TPSA) is 32.8 Å². The number of rotatable bonds is 1. The molecule has 1 amide bonds. The summed E-state index contributed by atoms with van der Waals surface area (Å²) in [7, 11) is 0. The minimum absolute atomic E-state index is 0.158. The smallest absolute Gasteiger partial charge is 0.410 e. The van der Waals surface area contributed by atoms with Gasteiger partial charge >= 0.3 is 6.09 Å². The third-order valence-corrected chi connectivity index (χ3v) is 4.62. The summed E-state index contributed by atoms with van der Waals surface area (Å²) in [6.45, 7) is 10.6. The maximum Gasteiger partial charge on any atom is 0.410 e. The maximum atomic E-state index is 12.2. The molecule has 0 spiro atoms. The molecule has 2 fully saturated rings. The fourth-order valence-corrected chi connectivity index (χ4v) is 3.60. The van der Waals surface area contributed by atoms with Crippen LogP contribution in [0, 0.1) is 0 Å². The predicted octanol–water partition coefficient (Wildman–Crippen LogP) is 3.65. The lowest BCUT2D eigenvalue weighted by Gasteiger charge is -2.44. The number of ether oxygens (including phenoxy) is 1. The van der Waals surface area contributed by atoms with Crippen molar-refractivity contribution in [2.45, 2.75) is 83.9 Å². The molecule has 21 heavy (non-hydrogen) atoms. The van der Waals surface area contributed by atoms with E-state index >= 15 is 0 Å². The molecule has 0 radical (unpaired) electrons. The highest BCUT2D eigenvalue weighted by Crippen LogP contribution is 2.25. The molecular weight excluding hydrogens is 264 g/mol. The van der Waals surface area contributed by atoms with E-state index in [9.17, 15) is 4.79 Å². The van der Waals surface area contributed by atoms with Gasteiger partial charge in [0.15, 0.2) is 0 Å². The third-order valence-electron chi connectivity index (χ3n) is 4.62. The molecule has 4 heteroatoms. The van der Waals surface area contributed by atoms with Gasteiger partial charge in [-0.05, 0) is 40.5 Å². The summed E-state index contributed by atoms with van der Waals surface area (Å²) in [6.07, 6.45) is 8.02. The zero-order chi connectivity index (χ0) is 15.5. The van der Waals surface area contributed by atoms with E-state index in [1.54, 1.807) is 0 Å². The maximum absolute atomic E-state index is 12.2. The van der Waals surface area contributed by atoms with Crippen molar-refractivity contribution in [1.82, 2.24) is 9.80 Å². The van der Waals surface area contributed by atoms with Crippen molar-refractivity contribution in [2.24, 2.45) is 0 Å². The average Bonchev–Trinajstić information content (AvgIpc) is 2.65. The molecule has 0 N–H and O–H groups in total. The largest absolute Gasteiger partial charge is 0.444 e. The van der Waals surface area contributed by atoms with Crippen LogP contribution in [0.1, 0.15) is 66.2 Å². The summed E-state index contributed by atoms with van der Waals surface area (Å²) in [6, 6.07) is 1.16. The van der Waals surface area contributed by atoms with Crippen LogP contribution in [0.5, 0.6) is 0 Å². The van der Waals surface area contributed by atoms with Crippen LogP contribution in [-0.4, -0.2) is 53.2 Å². The van der Waals surface area contributed by atoms with E-state index in [0.717, 1.165) is 25.7 Å². The second kappa shape index (κ2) is 6.99. The van der Waals surface area contributed by atoms with Crippen LogP contribution in [-0.2, 0) is 4.74 Å². The number of hydrogen-bond acceptors (Lipinski definition) is 3. The Balaban J connectivity index is 1.88. The lowest BCUT2D eigenvalue weighted by Crippen LogP contribution is -2.57. The van der Waals surface area contributed by atoms with Gasteiger partial charge in [0.1, 0.15) is 5.60 Å². The second-order valence-corrected chi connectivity index (χ2v) is 7.66. The predicted molar refractivity (Wildman–Crippen MR) is 85.5 cm³/mol. The summed E-state index contributed by atoms with van der Waals surface area (Å²) in [5, 5.41) is 0. The number of hydrogen-bond donors (Lipinski definition) is 0. The minimum Gasteiger partial charge on any atom is -0.444 e. The van der Waals surface area contributed by atoms with Gasteiger partial charge in [-0.25, -0.2) is 4.79 Å². The molecule has 0 aromatic heterocycles.